The highest BCUT2D eigenvalue weighted by molar-refractivity contribution is 5.79. The summed E-state index contributed by atoms with van der Waals surface area (Å²) in [6, 6.07) is 8.53. The summed E-state index contributed by atoms with van der Waals surface area (Å²) in [4.78, 5) is 0. The van der Waals surface area contributed by atoms with Gasteiger partial charge in [0.1, 0.15) is 11.5 Å². The van der Waals surface area contributed by atoms with E-state index < -0.39 is 0 Å². The van der Waals surface area contributed by atoms with Crippen LogP contribution in [0.25, 0.3) is 11.1 Å². The van der Waals surface area contributed by atoms with Gasteiger partial charge >= 0.3 is 0 Å². The molecule has 27 heavy (non-hydrogen) atoms. The molecule has 4 heteroatoms. The second kappa shape index (κ2) is 9.25. The lowest BCUT2D eigenvalue weighted by molar-refractivity contribution is 0.278. The molecule has 0 aliphatic rings. The molecule has 2 aromatic carbocycles. The molecule has 0 unspecified atom stereocenters. The Morgan fingerprint density at radius 1 is 0.852 bits per heavy atom. The Morgan fingerprint density at radius 2 is 1.52 bits per heavy atom. The van der Waals surface area contributed by atoms with Gasteiger partial charge in [-0.05, 0) is 52.3 Å². The zero-order valence-electron chi connectivity index (χ0n) is 16.6. The van der Waals surface area contributed by atoms with Crippen molar-refractivity contribution in [2.24, 2.45) is 0 Å². The van der Waals surface area contributed by atoms with E-state index in [1.807, 2.05) is 0 Å². The smallest absolute Gasteiger partial charge is 0.127 e. The van der Waals surface area contributed by atoms with Crippen LogP contribution in [0.1, 0.15) is 69.6 Å². The molecule has 0 amide bonds. The van der Waals surface area contributed by atoms with Crippen molar-refractivity contribution in [2.75, 3.05) is 0 Å². The summed E-state index contributed by atoms with van der Waals surface area (Å²) in [5, 5.41) is 40.4. The van der Waals surface area contributed by atoms with Gasteiger partial charge in [-0.25, -0.2) is 0 Å². The number of aromatic hydroxyl groups is 2. The van der Waals surface area contributed by atoms with E-state index in [0.717, 1.165) is 18.4 Å². The molecule has 0 atom stereocenters. The summed E-state index contributed by atoms with van der Waals surface area (Å²) in [6.45, 7) is 6.07. The van der Waals surface area contributed by atoms with Gasteiger partial charge in [0.15, 0.2) is 0 Å². The first kappa shape index (κ1) is 21.3. The maximum absolute atomic E-state index is 10.7. The number of unbranched alkanes of at least 4 members (excludes halogenated alkanes) is 3. The Labute approximate surface area is 162 Å². The standard InChI is InChI=1S/C23H32O4/c1-4-5-6-7-10-23(2,3)18-12-20(26)22(21(27)13-18)19-11-16(14-24)8-9-17(19)15-25/h8-9,11-13,24-27H,4-7,10,14-15H2,1-3H3. The summed E-state index contributed by atoms with van der Waals surface area (Å²) in [5.74, 6) is -0.0344. The van der Waals surface area contributed by atoms with Crippen LogP contribution in [0.15, 0.2) is 30.3 Å². The van der Waals surface area contributed by atoms with Crippen LogP contribution in [0.3, 0.4) is 0 Å². The van der Waals surface area contributed by atoms with Crippen molar-refractivity contribution in [3.8, 4) is 22.6 Å². The van der Waals surface area contributed by atoms with E-state index in [1.165, 1.54) is 19.3 Å². The third kappa shape index (κ3) is 5.02. The van der Waals surface area contributed by atoms with Crippen molar-refractivity contribution in [2.45, 2.75) is 71.5 Å². The molecule has 0 heterocycles. The largest absolute Gasteiger partial charge is 0.507 e. The molecule has 4 nitrogen and oxygen atoms in total. The van der Waals surface area contributed by atoms with Crippen molar-refractivity contribution in [1.82, 2.24) is 0 Å². The van der Waals surface area contributed by atoms with Gasteiger partial charge < -0.3 is 20.4 Å². The van der Waals surface area contributed by atoms with E-state index in [-0.39, 0.29) is 30.1 Å². The Morgan fingerprint density at radius 3 is 2.07 bits per heavy atom. The number of aliphatic hydroxyl groups excluding tert-OH is 2. The number of rotatable bonds is 9. The minimum atomic E-state index is -0.218. The summed E-state index contributed by atoms with van der Waals surface area (Å²) < 4.78 is 0. The average Bonchev–Trinajstić information content (AvgIpc) is 2.64. The van der Waals surface area contributed by atoms with Crippen LogP contribution in [0.4, 0.5) is 0 Å². The van der Waals surface area contributed by atoms with Gasteiger partial charge in [0.2, 0.25) is 0 Å². The highest BCUT2D eigenvalue weighted by atomic mass is 16.3. The van der Waals surface area contributed by atoms with E-state index in [2.05, 4.69) is 20.8 Å². The fourth-order valence-corrected chi connectivity index (χ4v) is 3.51. The molecule has 0 aromatic heterocycles. The molecular weight excluding hydrogens is 340 g/mol. The fourth-order valence-electron chi connectivity index (χ4n) is 3.51. The Kier molecular flexibility index (Phi) is 7.28. The molecule has 2 aromatic rings. The maximum Gasteiger partial charge on any atom is 0.127 e. The van der Waals surface area contributed by atoms with Gasteiger partial charge in [0.05, 0.1) is 18.8 Å². The Hall–Kier alpha value is -2.04. The second-order valence-corrected chi connectivity index (χ2v) is 7.89. The fraction of sp³-hybridized carbons (Fsp3) is 0.478. The van der Waals surface area contributed by atoms with Gasteiger partial charge in [-0.1, -0.05) is 58.6 Å². The highest BCUT2D eigenvalue weighted by Crippen LogP contribution is 2.43. The maximum atomic E-state index is 10.7. The van der Waals surface area contributed by atoms with Crippen molar-refractivity contribution in [3.05, 3.63) is 47.0 Å². The summed E-state index contributed by atoms with van der Waals surface area (Å²) in [5.41, 5.74) is 2.80. The monoisotopic (exact) mass is 372 g/mol. The van der Waals surface area contributed by atoms with Gasteiger partial charge in [-0.15, -0.1) is 0 Å². The Balaban J connectivity index is 2.40. The lowest BCUT2D eigenvalue weighted by atomic mass is 9.79. The number of hydrogen-bond donors (Lipinski definition) is 4. The zero-order valence-corrected chi connectivity index (χ0v) is 16.6. The van der Waals surface area contributed by atoms with Crippen LogP contribution in [0.5, 0.6) is 11.5 Å². The number of hydrogen-bond acceptors (Lipinski definition) is 4. The van der Waals surface area contributed by atoms with Gasteiger partial charge in [0.25, 0.3) is 0 Å². The lowest BCUT2D eigenvalue weighted by Gasteiger charge is -2.26. The molecule has 0 saturated heterocycles. The average molecular weight is 373 g/mol. The van der Waals surface area contributed by atoms with E-state index in [1.54, 1.807) is 30.3 Å². The topological polar surface area (TPSA) is 80.9 Å². The van der Waals surface area contributed by atoms with Gasteiger partial charge in [0, 0.05) is 0 Å². The SMILES string of the molecule is CCCCCCC(C)(C)c1cc(O)c(-c2cc(CO)ccc2CO)c(O)c1. The summed E-state index contributed by atoms with van der Waals surface area (Å²) in [7, 11) is 0. The third-order valence-electron chi connectivity index (χ3n) is 5.33. The number of benzene rings is 2. The van der Waals surface area contributed by atoms with Gasteiger partial charge in [-0.2, -0.15) is 0 Å². The molecular formula is C23H32O4. The lowest BCUT2D eigenvalue weighted by Crippen LogP contribution is -2.17. The molecule has 2 rings (SSSR count). The number of aliphatic hydroxyl groups is 2. The quantitative estimate of drug-likeness (QED) is 0.467. The molecule has 0 bridgehead atoms. The van der Waals surface area contributed by atoms with Gasteiger partial charge in [-0.3, -0.25) is 0 Å². The van der Waals surface area contributed by atoms with Crippen LogP contribution in [0.2, 0.25) is 0 Å². The second-order valence-electron chi connectivity index (χ2n) is 7.89. The Bertz CT molecular complexity index is 742. The van der Waals surface area contributed by atoms with Crippen LogP contribution in [-0.4, -0.2) is 20.4 Å². The minimum Gasteiger partial charge on any atom is -0.507 e. The molecule has 0 fully saturated rings. The van der Waals surface area contributed by atoms with E-state index in [0.29, 0.717) is 22.3 Å². The number of phenolic OH excluding ortho intramolecular Hbond substituents is 2. The molecule has 0 aliphatic carbocycles. The molecule has 4 N–H and O–H groups in total. The highest BCUT2D eigenvalue weighted by Gasteiger charge is 2.24. The first-order chi connectivity index (χ1) is 12.8. The summed E-state index contributed by atoms with van der Waals surface area (Å²) in [6.07, 6.45) is 5.68. The van der Waals surface area contributed by atoms with Crippen molar-refractivity contribution >= 4 is 0 Å². The first-order valence-electron chi connectivity index (χ1n) is 9.74. The molecule has 0 aliphatic heterocycles. The summed E-state index contributed by atoms with van der Waals surface area (Å²) >= 11 is 0. The van der Waals surface area contributed by atoms with Crippen molar-refractivity contribution in [1.29, 1.82) is 0 Å². The van der Waals surface area contributed by atoms with Crippen LogP contribution >= 0.6 is 0 Å². The predicted octanol–water partition coefficient (Wildman–Crippen LogP) is 5.00. The molecule has 148 valence electrons. The van der Waals surface area contributed by atoms with E-state index in [4.69, 9.17) is 0 Å². The van der Waals surface area contributed by atoms with Crippen LogP contribution in [0, 0.1) is 0 Å². The predicted molar refractivity (Wildman–Crippen MR) is 109 cm³/mol. The van der Waals surface area contributed by atoms with E-state index >= 15 is 0 Å². The first-order valence-corrected chi connectivity index (χ1v) is 9.74. The minimum absolute atomic E-state index is 0.0172. The van der Waals surface area contributed by atoms with Crippen molar-refractivity contribution in [3.63, 3.8) is 0 Å². The normalized spacial score (nSPS) is 11.7. The third-order valence-corrected chi connectivity index (χ3v) is 5.33. The van der Waals surface area contributed by atoms with E-state index in [9.17, 15) is 20.4 Å². The molecule has 0 radical (unpaired) electrons. The van der Waals surface area contributed by atoms with Crippen LogP contribution in [-0.2, 0) is 18.6 Å². The zero-order chi connectivity index (χ0) is 20.0. The van der Waals surface area contributed by atoms with Crippen molar-refractivity contribution < 1.29 is 20.4 Å². The van der Waals surface area contributed by atoms with Crippen LogP contribution < -0.4 is 0 Å². The number of phenols is 2. The molecule has 0 saturated carbocycles. The molecule has 0 spiro atoms.